The summed E-state index contributed by atoms with van der Waals surface area (Å²) in [5, 5.41) is 22.5. The first-order chi connectivity index (χ1) is 7.57. The van der Waals surface area contributed by atoms with Crippen molar-refractivity contribution in [2.75, 3.05) is 27.2 Å². The van der Waals surface area contributed by atoms with Gasteiger partial charge in [-0.15, -0.1) is 0 Å². The lowest BCUT2D eigenvalue weighted by Gasteiger charge is -2.26. The van der Waals surface area contributed by atoms with Gasteiger partial charge in [0.05, 0.1) is 5.56 Å². The summed E-state index contributed by atoms with van der Waals surface area (Å²) in [7, 11) is 3.86. The molecule has 0 saturated heterocycles. The van der Waals surface area contributed by atoms with E-state index in [9.17, 15) is 10.2 Å². The summed E-state index contributed by atoms with van der Waals surface area (Å²) in [5.74, 6) is 0.285. The van der Waals surface area contributed by atoms with Crippen molar-refractivity contribution in [3.63, 3.8) is 0 Å². The SMILES string of the molecule is CNCCN(C)C(C)c1c(O)cccc1O. The summed E-state index contributed by atoms with van der Waals surface area (Å²) in [5.41, 5.74) is 0.584. The maximum absolute atomic E-state index is 9.73. The zero-order valence-corrected chi connectivity index (χ0v) is 10.1. The molecule has 3 N–H and O–H groups in total. The molecule has 16 heavy (non-hydrogen) atoms. The number of phenols is 2. The second-order valence-corrected chi connectivity index (χ2v) is 3.97. The maximum Gasteiger partial charge on any atom is 0.124 e. The molecule has 1 atom stereocenters. The van der Waals surface area contributed by atoms with Crippen molar-refractivity contribution in [1.82, 2.24) is 10.2 Å². The largest absolute Gasteiger partial charge is 0.507 e. The van der Waals surface area contributed by atoms with Crippen LogP contribution in [0.25, 0.3) is 0 Å². The number of aromatic hydroxyl groups is 2. The average Bonchev–Trinajstić information content (AvgIpc) is 2.25. The van der Waals surface area contributed by atoms with Gasteiger partial charge in [0, 0.05) is 19.1 Å². The van der Waals surface area contributed by atoms with Gasteiger partial charge in [-0.05, 0) is 33.2 Å². The van der Waals surface area contributed by atoms with Gasteiger partial charge in [0.25, 0.3) is 0 Å². The summed E-state index contributed by atoms with van der Waals surface area (Å²) in [6.07, 6.45) is 0. The molecule has 1 aromatic rings. The Morgan fingerprint density at radius 1 is 1.31 bits per heavy atom. The van der Waals surface area contributed by atoms with E-state index >= 15 is 0 Å². The fraction of sp³-hybridized carbons (Fsp3) is 0.500. The van der Waals surface area contributed by atoms with E-state index in [1.807, 2.05) is 21.0 Å². The summed E-state index contributed by atoms with van der Waals surface area (Å²) < 4.78 is 0. The Morgan fingerprint density at radius 2 is 1.88 bits per heavy atom. The van der Waals surface area contributed by atoms with E-state index in [0.29, 0.717) is 5.56 Å². The lowest BCUT2D eigenvalue weighted by molar-refractivity contribution is 0.252. The van der Waals surface area contributed by atoms with Gasteiger partial charge in [-0.3, -0.25) is 4.90 Å². The first-order valence-corrected chi connectivity index (χ1v) is 5.43. The van der Waals surface area contributed by atoms with E-state index in [4.69, 9.17) is 0 Å². The first-order valence-electron chi connectivity index (χ1n) is 5.43. The molecular weight excluding hydrogens is 204 g/mol. The van der Waals surface area contributed by atoms with Crippen molar-refractivity contribution in [2.45, 2.75) is 13.0 Å². The molecule has 0 radical (unpaired) electrons. The van der Waals surface area contributed by atoms with Crippen LogP contribution in [0.15, 0.2) is 18.2 Å². The van der Waals surface area contributed by atoms with Crippen LogP contribution in [0, 0.1) is 0 Å². The lowest BCUT2D eigenvalue weighted by Crippen LogP contribution is -2.29. The predicted octanol–water partition coefficient (Wildman–Crippen LogP) is 1.31. The highest BCUT2D eigenvalue weighted by molar-refractivity contribution is 5.44. The number of nitrogens with zero attached hydrogens (tertiary/aromatic N) is 1. The van der Waals surface area contributed by atoms with Crippen LogP contribution in [0.3, 0.4) is 0 Å². The molecule has 0 aliphatic heterocycles. The normalized spacial score (nSPS) is 13.0. The van der Waals surface area contributed by atoms with Crippen LogP contribution in [0.1, 0.15) is 18.5 Å². The van der Waals surface area contributed by atoms with E-state index in [2.05, 4.69) is 10.2 Å². The van der Waals surface area contributed by atoms with Crippen molar-refractivity contribution < 1.29 is 10.2 Å². The Bertz CT molecular complexity index is 322. The van der Waals surface area contributed by atoms with E-state index in [1.165, 1.54) is 0 Å². The second kappa shape index (κ2) is 5.72. The van der Waals surface area contributed by atoms with Gasteiger partial charge < -0.3 is 15.5 Å². The van der Waals surface area contributed by atoms with Gasteiger partial charge in [0.1, 0.15) is 11.5 Å². The third kappa shape index (κ3) is 2.87. The molecule has 0 fully saturated rings. The van der Waals surface area contributed by atoms with Crippen molar-refractivity contribution in [3.8, 4) is 11.5 Å². The molecule has 0 amide bonds. The van der Waals surface area contributed by atoms with Gasteiger partial charge in [-0.1, -0.05) is 6.07 Å². The smallest absolute Gasteiger partial charge is 0.124 e. The zero-order chi connectivity index (χ0) is 12.1. The van der Waals surface area contributed by atoms with Crippen molar-refractivity contribution in [2.24, 2.45) is 0 Å². The highest BCUT2D eigenvalue weighted by atomic mass is 16.3. The molecule has 1 aromatic carbocycles. The minimum atomic E-state index is -0.0189. The monoisotopic (exact) mass is 224 g/mol. The predicted molar refractivity (Wildman–Crippen MR) is 64.7 cm³/mol. The van der Waals surface area contributed by atoms with Crippen LogP contribution in [-0.2, 0) is 0 Å². The highest BCUT2D eigenvalue weighted by Crippen LogP contribution is 2.34. The van der Waals surface area contributed by atoms with Crippen LogP contribution in [0.2, 0.25) is 0 Å². The summed E-state index contributed by atoms with van der Waals surface area (Å²) in [4.78, 5) is 2.07. The Hall–Kier alpha value is -1.26. The third-order valence-corrected chi connectivity index (χ3v) is 2.85. The molecule has 0 bridgehead atoms. The molecule has 0 aromatic heterocycles. The van der Waals surface area contributed by atoms with E-state index in [0.717, 1.165) is 13.1 Å². The number of rotatable bonds is 5. The molecule has 90 valence electrons. The fourth-order valence-electron chi connectivity index (χ4n) is 1.67. The third-order valence-electron chi connectivity index (χ3n) is 2.85. The van der Waals surface area contributed by atoms with Crippen LogP contribution < -0.4 is 5.32 Å². The molecule has 0 aliphatic rings. The van der Waals surface area contributed by atoms with Crippen LogP contribution in [0.4, 0.5) is 0 Å². The molecule has 0 heterocycles. The Labute approximate surface area is 96.5 Å². The van der Waals surface area contributed by atoms with Crippen molar-refractivity contribution in [3.05, 3.63) is 23.8 Å². The fourth-order valence-corrected chi connectivity index (χ4v) is 1.67. The van der Waals surface area contributed by atoms with Gasteiger partial charge in [0.2, 0.25) is 0 Å². The number of phenolic OH excluding ortho intramolecular Hbond substituents is 2. The summed E-state index contributed by atoms with van der Waals surface area (Å²) in [6.45, 7) is 3.69. The van der Waals surface area contributed by atoms with Gasteiger partial charge >= 0.3 is 0 Å². The van der Waals surface area contributed by atoms with Gasteiger partial charge in [0.15, 0.2) is 0 Å². The molecule has 1 unspecified atom stereocenters. The molecule has 4 nitrogen and oxygen atoms in total. The molecule has 0 aliphatic carbocycles. The quantitative estimate of drug-likeness (QED) is 0.706. The standard InChI is InChI=1S/C12H20N2O2/c1-9(14(3)8-7-13-2)12-10(15)5-4-6-11(12)16/h4-6,9,13,15-16H,7-8H2,1-3H3. The molecule has 4 heteroatoms. The lowest BCUT2D eigenvalue weighted by atomic mass is 10.0. The topological polar surface area (TPSA) is 55.7 Å². The first kappa shape index (κ1) is 12.8. The second-order valence-electron chi connectivity index (χ2n) is 3.97. The highest BCUT2D eigenvalue weighted by Gasteiger charge is 2.18. The van der Waals surface area contributed by atoms with Gasteiger partial charge in [-0.25, -0.2) is 0 Å². The van der Waals surface area contributed by atoms with Crippen molar-refractivity contribution in [1.29, 1.82) is 0 Å². The Balaban J connectivity index is 2.82. The zero-order valence-electron chi connectivity index (χ0n) is 10.1. The van der Waals surface area contributed by atoms with Crippen LogP contribution in [-0.4, -0.2) is 42.3 Å². The number of benzene rings is 1. The number of likely N-dealkylation sites (N-methyl/N-ethyl adjacent to an activating group) is 2. The van der Waals surface area contributed by atoms with Crippen molar-refractivity contribution >= 4 is 0 Å². The number of hydrogen-bond donors (Lipinski definition) is 3. The van der Waals surface area contributed by atoms with E-state index < -0.39 is 0 Å². The van der Waals surface area contributed by atoms with Gasteiger partial charge in [-0.2, -0.15) is 0 Å². The Kier molecular flexibility index (Phi) is 4.58. The summed E-state index contributed by atoms with van der Waals surface area (Å²) >= 11 is 0. The van der Waals surface area contributed by atoms with Crippen LogP contribution >= 0.6 is 0 Å². The minimum Gasteiger partial charge on any atom is -0.507 e. The molecule has 1 rings (SSSR count). The molecular formula is C12H20N2O2. The molecule has 0 spiro atoms. The Morgan fingerprint density at radius 3 is 2.38 bits per heavy atom. The number of hydrogen-bond acceptors (Lipinski definition) is 4. The van der Waals surface area contributed by atoms with E-state index in [-0.39, 0.29) is 17.5 Å². The summed E-state index contributed by atoms with van der Waals surface area (Å²) in [6, 6.07) is 4.80. The maximum atomic E-state index is 9.73. The van der Waals surface area contributed by atoms with Crippen LogP contribution in [0.5, 0.6) is 11.5 Å². The van der Waals surface area contributed by atoms with E-state index in [1.54, 1.807) is 18.2 Å². The minimum absolute atomic E-state index is 0.0189. The number of nitrogens with one attached hydrogen (secondary N) is 1. The molecule has 0 saturated carbocycles. The average molecular weight is 224 g/mol.